The van der Waals surface area contributed by atoms with E-state index < -0.39 is 0 Å². The summed E-state index contributed by atoms with van der Waals surface area (Å²) in [6.07, 6.45) is 7.36. The summed E-state index contributed by atoms with van der Waals surface area (Å²) < 4.78 is 5.57. The van der Waals surface area contributed by atoms with Gasteiger partial charge in [0.15, 0.2) is 0 Å². The van der Waals surface area contributed by atoms with Crippen molar-refractivity contribution in [3.63, 3.8) is 0 Å². The van der Waals surface area contributed by atoms with E-state index in [1.54, 1.807) is 0 Å². The monoisotopic (exact) mass is 199 g/mol. The van der Waals surface area contributed by atoms with Crippen LogP contribution in [0.3, 0.4) is 0 Å². The Morgan fingerprint density at radius 2 is 2.00 bits per heavy atom. The Labute approximate surface area is 88.7 Å². The lowest BCUT2D eigenvalue weighted by Gasteiger charge is -2.27. The van der Waals surface area contributed by atoms with Crippen LogP contribution in [0, 0.1) is 0 Å². The van der Waals surface area contributed by atoms with Crippen molar-refractivity contribution < 1.29 is 4.74 Å². The number of hydrogen-bond donors (Lipinski definition) is 1. The summed E-state index contributed by atoms with van der Waals surface area (Å²) in [4.78, 5) is 0. The van der Waals surface area contributed by atoms with E-state index in [2.05, 4.69) is 11.9 Å². The fourth-order valence-electron chi connectivity index (χ4n) is 1.20. The Morgan fingerprint density at radius 1 is 1.29 bits per heavy atom. The van der Waals surface area contributed by atoms with Gasteiger partial charge in [0.05, 0.1) is 6.10 Å². The quantitative estimate of drug-likeness (QED) is 0.503. The van der Waals surface area contributed by atoms with Crippen molar-refractivity contribution in [1.82, 2.24) is 5.32 Å². The van der Waals surface area contributed by atoms with E-state index in [9.17, 15) is 0 Å². The van der Waals surface area contributed by atoms with Gasteiger partial charge in [-0.3, -0.25) is 0 Å². The van der Waals surface area contributed by atoms with E-state index in [0.29, 0.717) is 6.10 Å². The highest BCUT2D eigenvalue weighted by Crippen LogP contribution is 2.03. The number of allylic oxidation sites excluding steroid dienone is 1. The molecule has 1 fully saturated rings. The second-order valence-corrected chi connectivity index (χ2v) is 3.29. The first-order chi connectivity index (χ1) is 6.93. The van der Waals surface area contributed by atoms with E-state index in [0.717, 1.165) is 26.1 Å². The van der Waals surface area contributed by atoms with Crippen LogP contribution in [0.4, 0.5) is 0 Å². The maximum Gasteiger partial charge on any atom is 0.0823 e. The van der Waals surface area contributed by atoms with Gasteiger partial charge in [-0.15, -0.1) is 6.58 Å². The summed E-state index contributed by atoms with van der Waals surface area (Å²) in [7, 11) is 0. The molecule has 1 N–H and O–H groups in total. The molecule has 0 saturated carbocycles. The lowest BCUT2D eigenvalue weighted by molar-refractivity contribution is 0.0170. The molecule has 0 atom stereocenters. The molecular formula is C12H25NO. The zero-order chi connectivity index (χ0) is 10.6. The number of hydrogen-bond acceptors (Lipinski definition) is 2. The van der Waals surface area contributed by atoms with Crippen LogP contribution in [0.15, 0.2) is 12.7 Å². The Hall–Kier alpha value is -0.340. The molecule has 0 aromatic rings. The van der Waals surface area contributed by atoms with Crippen molar-refractivity contribution in [3.05, 3.63) is 12.7 Å². The van der Waals surface area contributed by atoms with Crippen molar-refractivity contribution in [1.29, 1.82) is 0 Å². The highest BCUT2D eigenvalue weighted by atomic mass is 16.5. The fourth-order valence-corrected chi connectivity index (χ4v) is 1.20. The predicted octanol–water partition coefficient (Wildman–Crippen LogP) is 2.75. The molecule has 1 aliphatic heterocycles. The Morgan fingerprint density at radius 3 is 2.50 bits per heavy atom. The molecule has 0 aliphatic carbocycles. The van der Waals surface area contributed by atoms with Gasteiger partial charge in [-0.1, -0.05) is 26.3 Å². The van der Waals surface area contributed by atoms with Gasteiger partial charge in [-0.05, 0) is 19.3 Å². The molecule has 0 spiro atoms. The van der Waals surface area contributed by atoms with Crippen LogP contribution in [0.25, 0.3) is 0 Å². The summed E-state index contributed by atoms with van der Waals surface area (Å²) in [5.41, 5.74) is 0. The van der Waals surface area contributed by atoms with E-state index in [-0.39, 0.29) is 0 Å². The van der Waals surface area contributed by atoms with Crippen LogP contribution in [0.1, 0.15) is 39.5 Å². The van der Waals surface area contributed by atoms with E-state index in [1.165, 1.54) is 19.3 Å². The molecule has 1 saturated heterocycles. The molecule has 0 aromatic heterocycles. The minimum atomic E-state index is 0.504. The lowest BCUT2D eigenvalue weighted by Crippen LogP contribution is -2.48. The predicted molar refractivity (Wildman–Crippen MR) is 62.6 cm³/mol. The Balaban J connectivity index is 0.000000791. The summed E-state index contributed by atoms with van der Waals surface area (Å²) in [5, 5.41) is 3.18. The van der Waals surface area contributed by atoms with Crippen molar-refractivity contribution >= 4 is 0 Å². The molecule has 0 unspecified atom stereocenters. The van der Waals surface area contributed by atoms with Crippen LogP contribution in [0.5, 0.6) is 0 Å². The van der Waals surface area contributed by atoms with Gasteiger partial charge < -0.3 is 10.1 Å². The van der Waals surface area contributed by atoms with Crippen LogP contribution < -0.4 is 5.32 Å². The topological polar surface area (TPSA) is 21.3 Å². The van der Waals surface area contributed by atoms with Gasteiger partial charge in [-0.2, -0.15) is 0 Å². The van der Waals surface area contributed by atoms with Gasteiger partial charge in [0.1, 0.15) is 0 Å². The highest BCUT2D eigenvalue weighted by Gasteiger charge is 2.15. The third-order valence-electron chi connectivity index (χ3n) is 2.15. The number of nitrogens with one attached hydrogen (secondary N) is 1. The zero-order valence-electron chi connectivity index (χ0n) is 9.72. The minimum Gasteiger partial charge on any atom is -0.376 e. The average Bonchev–Trinajstić information content (AvgIpc) is 2.17. The molecule has 2 heteroatoms. The molecule has 84 valence electrons. The lowest BCUT2D eigenvalue weighted by atomic mass is 10.2. The first-order valence-electron chi connectivity index (χ1n) is 5.86. The van der Waals surface area contributed by atoms with Gasteiger partial charge in [0, 0.05) is 19.7 Å². The Bertz CT molecular complexity index is 121. The molecule has 0 radical (unpaired) electrons. The summed E-state index contributed by atoms with van der Waals surface area (Å²) in [6.45, 7) is 10.7. The maximum absolute atomic E-state index is 5.57. The zero-order valence-corrected chi connectivity index (χ0v) is 9.72. The van der Waals surface area contributed by atoms with Gasteiger partial charge in [0.25, 0.3) is 0 Å². The maximum atomic E-state index is 5.57. The van der Waals surface area contributed by atoms with Crippen LogP contribution in [-0.4, -0.2) is 25.8 Å². The minimum absolute atomic E-state index is 0.504. The standard InChI is InChI=1S/C10H19NO.C2H6/c1-2-3-4-5-6-7-12-10-8-11-9-10;1-2/h2,10-11H,1,3-9H2;1-2H3. The smallest absolute Gasteiger partial charge is 0.0823 e. The number of ether oxygens (including phenoxy) is 1. The van der Waals surface area contributed by atoms with Gasteiger partial charge in [-0.25, -0.2) is 0 Å². The van der Waals surface area contributed by atoms with Crippen molar-refractivity contribution in [3.8, 4) is 0 Å². The molecule has 0 aromatic carbocycles. The molecular weight excluding hydrogens is 174 g/mol. The van der Waals surface area contributed by atoms with E-state index in [1.807, 2.05) is 19.9 Å². The third-order valence-corrected chi connectivity index (χ3v) is 2.15. The summed E-state index contributed by atoms with van der Waals surface area (Å²) in [6, 6.07) is 0. The summed E-state index contributed by atoms with van der Waals surface area (Å²) >= 11 is 0. The third kappa shape index (κ3) is 7.10. The molecule has 2 nitrogen and oxygen atoms in total. The van der Waals surface area contributed by atoms with Crippen LogP contribution in [0.2, 0.25) is 0 Å². The molecule has 0 bridgehead atoms. The van der Waals surface area contributed by atoms with Crippen molar-refractivity contribution in [2.45, 2.75) is 45.6 Å². The molecule has 1 heterocycles. The molecule has 1 aliphatic rings. The molecule has 0 amide bonds. The fraction of sp³-hybridized carbons (Fsp3) is 0.833. The first kappa shape index (κ1) is 13.7. The SMILES string of the molecule is C=CCCCCCOC1CNC1.CC. The van der Waals surface area contributed by atoms with Crippen LogP contribution >= 0.6 is 0 Å². The number of rotatable bonds is 7. The van der Waals surface area contributed by atoms with Crippen molar-refractivity contribution in [2.24, 2.45) is 0 Å². The average molecular weight is 199 g/mol. The molecule has 1 rings (SSSR count). The highest BCUT2D eigenvalue weighted by molar-refractivity contribution is 4.74. The Kier molecular flexibility index (Phi) is 10.5. The van der Waals surface area contributed by atoms with Gasteiger partial charge in [0.2, 0.25) is 0 Å². The van der Waals surface area contributed by atoms with Gasteiger partial charge >= 0.3 is 0 Å². The second-order valence-electron chi connectivity index (χ2n) is 3.29. The second kappa shape index (κ2) is 10.7. The largest absolute Gasteiger partial charge is 0.376 e. The molecule has 14 heavy (non-hydrogen) atoms. The normalized spacial score (nSPS) is 15.3. The summed E-state index contributed by atoms with van der Waals surface area (Å²) in [5.74, 6) is 0. The van der Waals surface area contributed by atoms with E-state index >= 15 is 0 Å². The number of unbranched alkanes of at least 4 members (excludes halogenated alkanes) is 3. The van der Waals surface area contributed by atoms with Crippen LogP contribution in [-0.2, 0) is 4.74 Å². The first-order valence-corrected chi connectivity index (χ1v) is 5.86. The van der Waals surface area contributed by atoms with Crippen molar-refractivity contribution in [2.75, 3.05) is 19.7 Å². The van der Waals surface area contributed by atoms with E-state index in [4.69, 9.17) is 4.74 Å².